The van der Waals surface area contributed by atoms with Gasteiger partial charge in [0.25, 0.3) is 5.56 Å². The van der Waals surface area contributed by atoms with Crippen LogP contribution >= 0.6 is 11.8 Å². The first kappa shape index (κ1) is 16.0. The quantitative estimate of drug-likeness (QED) is 0.614. The number of hydrogen-bond donors (Lipinski definition) is 0. The minimum atomic E-state index is -0.295. The molecule has 8 heteroatoms. The predicted molar refractivity (Wildman–Crippen MR) is 85.3 cm³/mol. The van der Waals surface area contributed by atoms with Crippen molar-refractivity contribution in [1.82, 2.24) is 14.9 Å². The second-order valence-electron chi connectivity index (χ2n) is 4.25. The van der Waals surface area contributed by atoms with Gasteiger partial charge in [-0.2, -0.15) is 9.78 Å². The summed E-state index contributed by atoms with van der Waals surface area (Å²) in [7, 11) is 3.13. The Morgan fingerprint density at radius 1 is 1.23 bits per heavy atom. The van der Waals surface area contributed by atoms with Gasteiger partial charge in [-0.3, -0.25) is 4.79 Å². The molecule has 0 spiro atoms. The second kappa shape index (κ2) is 7.08. The largest absolute Gasteiger partial charge is 0.493 e. The van der Waals surface area contributed by atoms with Crippen LogP contribution in [0.5, 0.6) is 11.5 Å². The zero-order chi connectivity index (χ0) is 16.1. The Labute approximate surface area is 132 Å². The predicted octanol–water partition coefficient (Wildman–Crippen LogP) is 1.57. The summed E-state index contributed by atoms with van der Waals surface area (Å²) in [6.07, 6.45) is 3.37. The molecule has 0 aliphatic carbocycles. The number of methoxy groups -OCH3 is 2. The fourth-order valence-corrected chi connectivity index (χ4v) is 2.16. The van der Waals surface area contributed by atoms with E-state index in [0.29, 0.717) is 22.3 Å². The van der Waals surface area contributed by atoms with Crippen molar-refractivity contribution in [3.8, 4) is 11.5 Å². The summed E-state index contributed by atoms with van der Waals surface area (Å²) in [5.74, 6) is 1.22. The van der Waals surface area contributed by atoms with E-state index in [2.05, 4.69) is 15.3 Å². The fourth-order valence-electron chi connectivity index (χ4n) is 1.73. The second-order valence-corrected chi connectivity index (χ2v) is 5.02. The van der Waals surface area contributed by atoms with Crippen molar-refractivity contribution in [3.63, 3.8) is 0 Å². The van der Waals surface area contributed by atoms with Crippen LogP contribution in [0.3, 0.4) is 0 Å². The molecule has 0 fully saturated rings. The normalized spacial score (nSPS) is 10.9. The highest BCUT2D eigenvalue weighted by molar-refractivity contribution is 7.98. The van der Waals surface area contributed by atoms with Gasteiger partial charge >= 0.3 is 0 Å². The Morgan fingerprint density at radius 3 is 2.59 bits per heavy atom. The zero-order valence-electron chi connectivity index (χ0n) is 12.7. The van der Waals surface area contributed by atoms with Gasteiger partial charge < -0.3 is 9.47 Å². The van der Waals surface area contributed by atoms with Crippen LogP contribution in [0.1, 0.15) is 11.3 Å². The molecule has 0 unspecified atom stereocenters. The highest BCUT2D eigenvalue weighted by Crippen LogP contribution is 2.26. The summed E-state index contributed by atoms with van der Waals surface area (Å²) in [6.45, 7) is 1.60. The van der Waals surface area contributed by atoms with Gasteiger partial charge in [0.15, 0.2) is 11.5 Å². The lowest BCUT2D eigenvalue weighted by Gasteiger charge is -2.07. The molecule has 0 radical (unpaired) electrons. The van der Waals surface area contributed by atoms with Crippen molar-refractivity contribution in [2.45, 2.75) is 12.1 Å². The fraction of sp³-hybridized carbons (Fsp3) is 0.286. The van der Waals surface area contributed by atoms with Crippen LogP contribution in [0.2, 0.25) is 0 Å². The monoisotopic (exact) mass is 320 g/mol. The first-order chi connectivity index (χ1) is 10.6. The molecule has 0 amide bonds. The average Bonchev–Trinajstić information content (AvgIpc) is 2.55. The Morgan fingerprint density at radius 2 is 1.95 bits per heavy atom. The van der Waals surface area contributed by atoms with E-state index in [0.717, 1.165) is 5.56 Å². The van der Waals surface area contributed by atoms with Crippen molar-refractivity contribution >= 4 is 18.0 Å². The van der Waals surface area contributed by atoms with Gasteiger partial charge in [-0.05, 0) is 36.9 Å². The summed E-state index contributed by atoms with van der Waals surface area (Å²) in [4.78, 5) is 12.1. The lowest BCUT2D eigenvalue weighted by molar-refractivity contribution is 0.355. The number of hydrogen-bond acceptors (Lipinski definition) is 7. The third-order valence-electron chi connectivity index (χ3n) is 2.88. The molecule has 0 aliphatic heterocycles. The van der Waals surface area contributed by atoms with Gasteiger partial charge in [0.2, 0.25) is 5.16 Å². The van der Waals surface area contributed by atoms with Crippen molar-refractivity contribution in [3.05, 3.63) is 39.8 Å². The third-order valence-corrected chi connectivity index (χ3v) is 3.50. The van der Waals surface area contributed by atoms with Crippen LogP contribution in [-0.4, -0.2) is 41.6 Å². The molecule has 1 heterocycles. The van der Waals surface area contributed by atoms with Crippen LogP contribution in [0.4, 0.5) is 0 Å². The van der Waals surface area contributed by atoms with E-state index in [4.69, 9.17) is 9.47 Å². The third kappa shape index (κ3) is 3.28. The van der Waals surface area contributed by atoms with E-state index >= 15 is 0 Å². The summed E-state index contributed by atoms with van der Waals surface area (Å²) < 4.78 is 11.6. The molecular weight excluding hydrogens is 304 g/mol. The number of nitrogens with zero attached hydrogens (tertiary/aromatic N) is 4. The molecule has 1 aromatic carbocycles. The summed E-state index contributed by atoms with van der Waals surface area (Å²) in [5.41, 5.74) is 0.768. The topological polar surface area (TPSA) is 78.6 Å². The smallest absolute Gasteiger partial charge is 0.296 e. The number of rotatable bonds is 5. The van der Waals surface area contributed by atoms with Gasteiger partial charge in [0.05, 0.1) is 20.4 Å². The van der Waals surface area contributed by atoms with Gasteiger partial charge in [-0.1, -0.05) is 11.8 Å². The molecule has 2 aromatic rings. The van der Waals surface area contributed by atoms with Gasteiger partial charge in [0.1, 0.15) is 5.69 Å². The van der Waals surface area contributed by atoms with Gasteiger partial charge in [-0.25, -0.2) is 0 Å². The maximum Gasteiger partial charge on any atom is 0.296 e. The molecule has 0 N–H and O–H groups in total. The number of ether oxygens (including phenoxy) is 2. The molecule has 0 bridgehead atoms. The van der Waals surface area contributed by atoms with E-state index in [1.165, 1.54) is 16.4 Å². The molecule has 22 heavy (non-hydrogen) atoms. The van der Waals surface area contributed by atoms with Crippen molar-refractivity contribution < 1.29 is 9.47 Å². The molecule has 0 aliphatic rings. The van der Waals surface area contributed by atoms with Crippen LogP contribution in [0.25, 0.3) is 0 Å². The first-order valence-electron chi connectivity index (χ1n) is 6.37. The standard InChI is InChI=1S/C14H16N4O3S/c1-9-13(19)18(14(22-4)17-16-9)15-8-10-5-6-11(20-2)12(7-10)21-3/h5-8H,1-4H3/b15-8-. The van der Waals surface area contributed by atoms with Crippen LogP contribution in [0, 0.1) is 6.92 Å². The summed E-state index contributed by atoms with van der Waals surface area (Å²) >= 11 is 1.30. The Balaban J connectivity index is 2.41. The lowest BCUT2D eigenvalue weighted by Crippen LogP contribution is -2.23. The summed E-state index contributed by atoms with van der Waals surface area (Å²) in [5, 5.41) is 12.4. The molecule has 0 atom stereocenters. The lowest BCUT2D eigenvalue weighted by atomic mass is 10.2. The van der Waals surface area contributed by atoms with Crippen molar-refractivity contribution in [1.29, 1.82) is 0 Å². The van der Waals surface area contributed by atoms with Crippen LogP contribution < -0.4 is 15.0 Å². The zero-order valence-corrected chi connectivity index (χ0v) is 13.5. The van der Waals surface area contributed by atoms with E-state index in [1.54, 1.807) is 45.7 Å². The highest BCUT2D eigenvalue weighted by atomic mass is 32.2. The van der Waals surface area contributed by atoms with E-state index < -0.39 is 0 Å². The highest BCUT2D eigenvalue weighted by Gasteiger charge is 2.08. The number of benzene rings is 1. The summed E-state index contributed by atoms with van der Waals surface area (Å²) in [6, 6.07) is 5.36. The number of aryl methyl sites for hydroxylation is 1. The van der Waals surface area contributed by atoms with Gasteiger partial charge in [0, 0.05) is 0 Å². The van der Waals surface area contributed by atoms with Gasteiger partial charge in [-0.15, -0.1) is 10.2 Å². The SMILES string of the molecule is COc1ccc(/C=N\n2c(SC)nnc(C)c2=O)cc1OC. The maximum absolute atomic E-state index is 12.1. The number of aromatic nitrogens is 3. The molecule has 7 nitrogen and oxygen atoms in total. The molecular formula is C14H16N4O3S. The Kier molecular flexibility index (Phi) is 5.16. The number of thioether (sulfide) groups is 1. The average molecular weight is 320 g/mol. The van der Waals surface area contributed by atoms with E-state index in [1.807, 2.05) is 6.07 Å². The maximum atomic E-state index is 12.1. The Bertz CT molecular complexity index is 758. The van der Waals surface area contributed by atoms with Crippen LogP contribution in [-0.2, 0) is 0 Å². The van der Waals surface area contributed by atoms with E-state index in [9.17, 15) is 4.79 Å². The molecule has 0 saturated heterocycles. The molecule has 0 saturated carbocycles. The van der Waals surface area contributed by atoms with Crippen molar-refractivity contribution in [2.24, 2.45) is 5.10 Å². The Hall–Kier alpha value is -2.35. The van der Waals surface area contributed by atoms with Crippen LogP contribution in [0.15, 0.2) is 33.3 Å². The molecule has 1 aromatic heterocycles. The minimum Gasteiger partial charge on any atom is -0.493 e. The van der Waals surface area contributed by atoms with E-state index in [-0.39, 0.29) is 5.56 Å². The molecule has 2 rings (SSSR count). The molecule has 116 valence electrons. The first-order valence-corrected chi connectivity index (χ1v) is 7.60. The van der Waals surface area contributed by atoms with Crippen molar-refractivity contribution in [2.75, 3.05) is 20.5 Å². The minimum absolute atomic E-state index is 0.294.